The van der Waals surface area contributed by atoms with Gasteiger partial charge in [-0.1, -0.05) is 23.8 Å². The van der Waals surface area contributed by atoms with Gasteiger partial charge in [0.05, 0.1) is 4.88 Å². The Labute approximate surface area is 190 Å². The van der Waals surface area contributed by atoms with Gasteiger partial charge in [0.2, 0.25) is 5.95 Å². The standard InChI is InChI=1S/C23H25N7OS/c1-15-6-8-17(9-7-15)27-21-13-16(2)26-23(28-21)25-11-10-24-22(31)19-14-18(29-30(19)3)20-5-4-12-32-20/h4-9,12-14H,10-11H2,1-3H3,(H,24,31)(H2,25,26,27,28). The van der Waals surface area contributed by atoms with Gasteiger partial charge in [-0.05, 0) is 43.5 Å². The quantitative estimate of drug-likeness (QED) is 0.351. The summed E-state index contributed by atoms with van der Waals surface area (Å²) in [6.07, 6.45) is 0. The molecule has 32 heavy (non-hydrogen) atoms. The molecule has 3 heterocycles. The minimum absolute atomic E-state index is 0.170. The Hall–Kier alpha value is -3.72. The Kier molecular flexibility index (Phi) is 6.46. The van der Waals surface area contributed by atoms with E-state index in [1.165, 1.54) is 5.56 Å². The van der Waals surface area contributed by atoms with Crippen molar-refractivity contribution < 1.29 is 4.79 Å². The van der Waals surface area contributed by atoms with Crippen LogP contribution in [0.4, 0.5) is 17.5 Å². The Morgan fingerprint density at radius 1 is 1.06 bits per heavy atom. The molecule has 4 rings (SSSR count). The van der Waals surface area contributed by atoms with Gasteiger partial charge < -0.3 is 16.0 Å². The maximum Gasteiger partial charge on any atom is 0.269 e. The monoisotopic (exact) mass is 447 g/mol. The number of nitrogens with zero attached hydrogens (tertiary/aromatic N) is 4. The number of aryl methyl sites for hydroxylation is 3. The van der Waals surface area contributed by atoms with Crippen LogP contribution in [0.15, 0.2) is 53.9 Å². The van der Waals surface area contributed by atoms with E-state index in [1.54, 1.807) is 29.1 Å². The van der Waals surface area contributed by atoms with Crippen molar-refractivity contribution in [2.24, 2.45) is 7.05 Å². The third-order valence-corrected chi connectivity index (χ3v) is 5.65. The zero-order chi connectivity index (χ0) is 22.5. The number of amides is 1. The van der Waals surface area contributed by atoms with Crippen LogP contribution in [-0.2, 0) is 7.05 Å². The Balaban J connectivity index is 1.31. The maximum atomic E-state index is 12.6. The molecule has 164 valence electrons. The molecule has 0 atom stereocenters. The maximum absolute atomic E-state index is 12.6. The van der Waals surface area contributed by atoms with Gasteiger partial charge in [-0.15, -0.1) is 11.3 Å². The van der Waals surface area contributed by atoms with Crippen molar-refractivity contribution in [3.8, 4) is 10.6 Å². The molecule has 3 aromatic heterocycles. The van der Waals surface area contributed by atoms with Crippen LogP contribution in [0.2, 0.25) is 0 Å². The van der Waals surface area contributed by atoms with E-state index < -0.39 is 0 Å². The summed E-state index contributed by atoms with van der Waals surface area (Å²) >= 11 is 1.60. The zero-order valence-corrected chi connectivity index (χ0v) is 19.0. The van der Waals surface area contributed by atoms with Crippen LogP contribution in [-0.4, -0.2) is 38.7 Å². The highest BCUT2D eigenvalue weighted by Gasteiger charge is 2.14. The lowest BCUT2D eigenvalue weighted by Gasteiger charge is -2.11. The fraction of sp³-hybridized carbons (Fsp3) is 0.217. The summed E-state index contributed by atoms with van der Waals surface area (Å²) in [5.41, 5.74) is 4.33. The molecular formula is C23H25N7OS. The first-order valence-corrected chi connectivity index (χ1v) is 11.2. The fourth-order valence-corrected chi connectivity index (χ4v) is 3.84. The number of hydrogen-bond acceptors (Lipinski definition) is 7. The molecule has 0 saturated carbocycles. The van der Waals surface area contributed by atoms with E-state index in [9.17, 15) is 4.79 Å². The Morgan fingerprint density at radius 2 is 1.88 bits per heavy atom. The first-order chi connectivity index (χ1) is 15.5. The smallest absolute Gasteiger partial charge is 0.269 e. The second-order valence-corrected chi connectivity index (χ2v) is 8.36. The summed E-state index contributed by atoms with van der Waals surface area (Å²) in [5.74, 6) is 1.05. The normalized spacial score (nSPS) is 10.7. The molecule has 9 heteroatoms. The van der Waals surface area contributed by atoms with E-state index in [4.69, 9.17) is 0 Å². The molecule has 0 bridgehead atoms. The molecule has 4 aromatic rings. The van der Waals surface area contributed by atoms with Gasteiger partial charge in [0, 0.05) is 37.6 Å². The number of rotatable bonds is 8. The van der Waals surface area contributed by atoms with Crippen molar-refractivity contribution in [1.82, 2.24) is 25.1 Å². The Bertz CT molecular complexity index is 1200. The molecule has 0 spiro atoms. The molecule has 8 nitrogen and oxygen atoms in total. The number of thiophene rings is 1. The van der Waals surface area contributed by atoms with E-state index in [2.05, 4.69) is 37.9 Å². The van der Waals surface area contributed by atoms with Crippen LogP contribution in [0.3, 0.4) is 0 Å². The lowest BCUT2D eigenvalue weighted by molar-refractivity contribution is 0.0945. The van der Waals surface area contributed by atoms with Crippen molar-refractivity contribution in [3.63, 3.8) is 0 Å². The number of benzene rings is 1. The van der Waals surface area contributed by atoms with Crippen molar-refractivity contribution in [2.45, 2.75) is 13.8 Å². The van der Waals surface area contributed by atoms with E-state index in [0.717, 1.165) is 22.0 Å². The van der Waals surface area contributed by atoms with Crippen LogP contribution in [0.5, 0.6) is 0 Å². The van der Waals surface area contributed by atoms with Gasteiger partial charge in [-0.2, -0.15) is 10.1 Å². The molecule has 0 radical (unpaired) electrons. The molecule has 0 aliphatic rings. The summed E-state index contributed by atoms with van der Waals surface area (Å²) < 4.78 is 1.60. The SMILES string of the molecule is Cc1ccc(Nc2cc(C)nc(NCCNC(=O)c3cc(-c4cccs4)nn3C)n2)cc1. The molecule has 0 aliphatic carbocycles. The van der Waals surface area contributed by atoms with Gasteiger partial charge in [-0.25, -0.2) is 4.98 Å². The van der Waals surface area contributed by atoms with Crippen molar-refractivity contribution in [1.29, 1.82) is 0 Å². The predicted octanol–water partition coefficient (Wildman–Crippen LogP) is 4.14. The molecule has 1 amide bonds. The summed E-state index contributed by atoms with van der Waals surface area (Å²) in [7, 11) is 1.77. The average Bonchev–Trinajstić information content (AvgIpc) is 3.42. The highest BCUT2D eigenvalue weighted by atomic mass is 32.1. The number of anilines is 3. The largest absolute Gasteiger partial charge is 0.352 e. The summed E-state index contributed by atoms with van der Waals surface area (Å²) in [5, 5.41) is 15.8. The van der Waals surface area contributed by atoms with Crippen LogP contribution in [0, 0.1) is 13.8 Å². The number of carbonyl (C=O) groups is 1. The number of nitrogens with one attached hydrogen (secondary N) is 3. The number of hydrogen-bond donors (Lipinski definition) is 3. The molecule has 0 unspecified atom stereocenters. The first kappa shape index (κ1) is 21.5. The summed E-state index contributed by atoms with van der Waals surface area (Å²) in [6.45, 7) is 4.89. The minimum Gasteiger partial charge on any atom is -0.352 e. The average molecular weight is 448 g/mol. The second kappa shape index (κ2) is 9.61. The fourth-order valence-electron chi connectivity index (χ4n) is 3.16. The van der Waals surface area contributed by atoms with Gasteiger partial charge in [0.25, 0.3) is 5.91 Å². The second-order valence-electron chi connectivity index (χ2n) is 7.41. The highest BCUT2D eigenvalue weighted by molar-refractivity contribution is 7.13. The molecule has 0 saturated heterocycles. The third kappa shape index (κ3) is 5.30. The van der Waals surface area contributed by atoms with Gasteiger partial charge in [0.1, 0.15) is 17.2 Å². The lowest BCUT2D eigenvalue weighted by Crippen LogP contribution is -2.30. The van der Waals surface area contributed by atoms with E-state index >= 15 is 0 Å². The predicted molar refractivity (Wildman–Crippen MR) is 129 cm³/mol. The Morgan fingerprint density at radius 3 is 2.62 bits per heavy atom. The molecule has 0 aliphatic heterocycles. The van der Waals surface area contributed by atoms with Crippen LogP contribution >= 0.6 is 11.3 Å². The number of carbonyl (C=O) groups excluding carboxylic acids is 1. The third-order valence-electron chi connectivity index (χ3n) is 4.76. The minimum atomic E-state index is -0.170. The van der Waals surface area contributed by atoms with Gasteiger partial charge >= 0.3 is 0 Å². The van der Waals surface area contributed by atoms with Crippen molar-refractivity contribution in [2.75, 3.05) is 23.7 Å². The molecule has 3 N–H and O–H groups in total. The van der Waals surface area contributed by atoms with Crippen molar-refractivity contribution in [3.05, 3.63) is 70.9 Å². The van der Waals surface area contributed by atoms with E-state index in [0.29, 0.717) is 30.5 Å². The first-order valence-electron chi connectivity index (χ1n) is 10.3. The summed E-state index contributed by atoms with van der Waals surface area (Å²) in [4.78, 5) is 22.5. The lowest BCUT2D eigenvalue weighted by atomic mass is 10.2. The van der Waals surface area contributed by atoms with E-state index in [1.807, 2.05) is 54.8 Å². The molecular weight excluding hydrogens is 422 g/mol. The highest BCUT2D eigenvalue weighted by Crippen LogP contribution is 2.23. The van der Waals surface area contributed by atoms with Gasteiger partial charge in [-0.3, -0.25) is 9.48 Å². The van der Waals surface area contributed by atoms with Crippen LogP contribution < -0.4 is 16.0 Å². The topological polar surface area (TPSA) is 96.8 Å². The van der Waals surface area contributed by atoms with E-state index in [-0.39, 0.29) is 5.91 Å². The van der Waals surface area contributed by atoms with Crippen LogP contribution in [0.25, 0.3) is 10.6 Å². The van der Waals surface area contributed by atoms with Gasteiger partial charge in [0.15, 0.2) is 0 Å². The zero-order valence-electron chi connectivity index (χ0n) is 18.2. The summed E-state index contributed by atoms with van der Waals surface area (Å²) in [6, 6.07) is 15.8. The van der Waals surface area contributed by atoms with Crippen LogP contribution in [0.1, 0.15) is 21.7 Å². The van der Waals surface area contributed by atoms with Crippen molar-refractivity contribution >= 4 is 34.7 Å². The molecule has 1 aromatic carbocycles. The molecule has 0 fully saturated rings. The number of aromatic nitrogens is 4.